The van der Waals surface area contributed by atoms with Gasteiger partial charge in [-0.1, -0.05) is 11.6 Å². The van der Waals surface area contributed by atoms with Gasteiger partial charge >= 0.3 is 0 Å². The highest BCUT2D eigenvalue weighted by molar-refractivity contribution is 6.30. The molecule has 16 heavy (non-hydrogen) atoms. The molecule has 0 saturated carbocycles. The van der Waals surface area contributed by atoms with Crippen LogP contribution in [0.25, 0.3) is 0 Å². The van der Waals surface area contributed by atoms with Crippen molar-refractivity contribution in [2.45, 2.75) is 13.0 Å². The third kappa shape index (κ3) is 2.25. The van der Waals surface area contributed by atoms with Crippen LogP contribution in [0.1, 0.15) is 18.8 Å². The molecule has 1 atom stereocenters. The van der Waals surface area contributed by atoms with E-state index in [9.17, 15) is 0 Å². The lowest BCUT2D eigenvalue weighted by Crippen LogP contribution is -2.11. The number of halogens is 1. The van der Waals surface area contributed by atoms with Crippen molar-refractivity contribution >= 4 is 23.1 Å². The van der Waals surface area contributed by atoms with Crippen LogP contribution in [-0.4, -0.2) is 15.0 Å². The van der Waals surface area contributed by atoms with E-state index in [1.165, 1.54) is 0 Å². The van der Waals surface area contributed by atoms with Crippen LogP contribution in [-0.2, 0) is 0 Å². The maximum Gasteiger partial charge on any atom is 0.149 e. The summed E-state index contributed by atoms with van der Waals surface area (Å²) in [7, 11) is 0. The molecule has 0 fully saturated rings. The lowest BCUT2D eigenvalue weighted by Gasteiger charge is -2.13. The Hall–Kier alpha value is -1.75. The number of hydrogen-bond donors (Lipinski definition) is 3. The van der Waals surface area contributed by atoms with Crippen LogP contribution in [0.15, 0.2) is 24.7 Å². The van der Waals surface area contributed by atoms with Crippen LogP contribution < -0.4 is 11.1 Å². The van der Waals surface area contributed by atoms with Crippen LogP contribution in [0.4, 0.5) is 11.5 Å². The molecule has 0 saturated heterocycles. The number of aromatic nitrogens is 3. The lowest BCUT2D eigenvalue weighted by molar-refractivity contribution is 0.804. The first kappa shape index (κ1) is 10.8. The molecule has 1 unspecified atom stereocenters. The summed E-state index contributed by atoms with van der Waals surface area (Å²) in [4.78, 5) is 11.3. The predicted octanol–water partition coefficient (Wildman–Crippen LogP) is 2.21. The highest BCUT2D eigenvalue weighted by Crippen LogP contribution is 2.22. The van der Waals surface area contributed by atoms with Crippen molar-refractivity contribution in [2.75, 3.05) is 11.1 Å². The van der Waals surface area contributed by atoms with Crippen molar-refractivity contribution in [1.29, 1.82) is 0 Å². The van der Waals surface area contributed by atoms with E-state index in [1.807, 2.05) is 6.92 Å². The van der Waals surface area contributed by atoms with Gasteiger partial charge in [0.05, 0.1) is 16.8 Å². The van der Waals surface area contributed by atoms with E-state index < -0.39 is 0 Å². The molecule has 0 aromatic carbocycles. The van der Waals surface area contributed by atoms with Crippen LogP contribution in [0.3, 0.4) is 0 Å². The number of rotatable bonds is 3. The Morgan fingerprint density at radius 2 is 2.31 bits per heavy atom. The molecule has 84 valence electrons. The molecule has 0 bridgehead atoms. The zero-order chi connectivity index (χ0) is 11.5. The number of H-pyrrole nitrogens is 1. The second kappa shape index (κ2) is 4.40. The molecular formula is C10H12ClN5. The smallest absolute Gasteiger partial charge is 0.149 e. The number of aromatic amines is 1. The van der Waals surface area contributed by atoms with Gasteiger partial charge in [-0.2, -0.15) is 0 Å². The minimum Gasteiger partial charge on any atom is -0.396 e. The molecule has 2 aromatic heterocycles. The predicted molar refractivity (Wildman–Crippen MR) is 64.3 cm³/mol. The second-order valence-electron chi connectivity index (χ2n) is 3.43. The number of pyridine rings is 1. The van der Waals surface area contributed by atoms with Gasteiger partial charge in [0, 0.05) is 18.6 Å². The summed E-state index contributed by atoms with van der Waals surface area (Å²) in [6.07, 6.45) is 5.02. The Morgan fingerprint density at radius 3 is 2.94 bits per heavy atom. The van der Waals surface area contributed by atoms with Gasteiger partial charge in [-0.3, -0.25) is 0 Å². The van der Waals surface area contributed by atoms with E-state index in [0.717, 1.165) is 5.82 Å². The highest BCUT2D eigenvalue weighted by Gasteiger charge is 2.10. The fourth-order valence-electron chi connectivity index (χ4n) is 1.36. The van der Waals surface area contributed by atoms with Crippen molar-refractivity contribution in [3.8, 4) is 0 Å². The van der Waals surface area contributed by atoms with Gasteiger partial charge in [0.2, 0.25) is 0 Å². The normalized spacial score (nSPS) is 12.4. The van der Waals surface area contributed by atoms with E-state index in [1.54, 1.807) is 24.7 Å². The summed E-state index contributed by atoms with van der Waals surface area (Å²) in [5.41, 5.74) is 6.30. The first-order valence-corrected chi connectivity index (χ1v) is 5.21. The average molecular weight is 238 g/mol. The maximum atomic E-state index is 5.78. The fourth-order valence-corrected chi connectivity index (χ4v) is 1.53. The first-order valence-electron chi connectivity index (χ1n) is 4.83. The van der Waals surface area contributed by atoms with Gasteiger partial charge in [0.25, 0.3) is 0 Å². The first-order chi connectivity index (χ1) is 7.66. The highest BCUT2D eigenvalue weighted by atomic mass is 35.5. The summed E-state index contributed by atoms with van der Waals surface area (Å²) < 4.78 is 0. The number of nitrogens with one attached hydrogen (secondary N) is 2. The lowest BCUT2D eigenvalue weighted by atomic mass is 10.3. The van der Waals surface area contributed by atoms with E-state index in [4.69, 9.17) is 17.3 Å². The molecule has 5 nitrogen and oxygen atoms in total. The molecule has 2 heterocycles. The number of anilines is 2. The van der Waals surface area contributed by atoms with Gasteiger partial charge in [-0.05, 0) is 13.0 Å². The van der Waals surface area contributed by atoms with Crippen molar-refractivity contribution in [2.24, 2.45) is 0 Å². The zero-order valence-corrected chi connectivity index (χ0v) is 9.49. The van der Waals surface area contributed by atoms with Crippen LogP contribution in [0.2, 0.25) is 5.02 Å². The molecule has 0 amide bonds. The molecule has 4 N–H and O–H groups in total. The summed E-state index contributed by atoms with van der Waals surface area (Å²) >= 11 is 5.76. The topological polar surface area (TPSA) is 79.6 Å². The van der Waals surface area contributed by atoms with Crippen LogP contribution in [0.5, 0.6) is 0 Å². The minimum absolute atomic E-state index is 0.00553. The fraction of sp³-hybridized carbons (Fsp3) is 0.200. The minimum atomic E-state index is 0.00553. The number of nitrogens with two attached hydrogens (primary N) is 1. The monoisotopic (exact) mass is 237 g/mol. The molecular weight excluding hydrogens is 226 g/mol. The molecule has 0 radical (unpaired) electrons. The number of hydrogen-bond acceptors (Lipinski definition) is 4. The number of nitrogen functional groups attached to an aromatic ring is 1. The molecule has 0 aliphatic rings. The molecule has 0 aliphatic carbocycles. The summed E-state index contributed by atoms with van der Waals surface area (Å²) in [6.45, 7) is 1.97. The van der Waals surface area contributed by atoms with E-state index in [-0.39, 0.29) is 6.04 Å². The van der Waals surface area contributed by atoms with Crippen LogP contribution >= 0.6 is 11.6 Å². The molecule has 2 aromatic rings. The van der Waals surface area contributed by atoms with Crippen molar-refractivity contribution < 1.29 is 0 Å². The largest absolute Gasteiger partial charge is 0.396 e. The quantitative estimate of drug-likeness (QED) is 0.765. The number of nitrogens with zero attached hydrogens (tertiary/aromatic N) is 2. The zero-order valence-electron chi connectivity index (χ0n) is 8.74. The molecule has 2 rings (SSSR count). The standard InChI is InChI=1S/C10H12ClN5/c1-6(9-13-2-3-14-9)16-10-8(12)4-7(11)5-15-10/h2-6H,12H2,1H3,(H,13,14)(H,15,16). The Labute approximate surface area is 98.1 Å². The Kier molecular flexibility index (Phi) is 2.96. The third-order valence-corrected chi connectivity index (χ3v) is 2.37. The Balaban J connectivity index is 2.15. The molecule has 0 spiro atoms. The van der Waals surface area contributed by atoms with E-state index in [0.29, 0.717) is 16.5 Å². The van der Waals surface area contributed by atoms with Gasteiger partial charge in [-0.15, -0.1) is 0 Å². The average Bonchev–Trinajstić information content (AvgIpc) is 2.75. The summed E-state index contributed by atoms with van der Waals surface area (Å²) in [5, 5.41) is 3.67. The molecule has 0 aliphatic heterocycles. The number of imidazole rings is 1. The summed E-state index contributed by atoms with van der Waals surface area (Å²) in [5.74, 6) is 1.43. The third-order valence-electron chi connectivity index (χ3n) is 2.17. The summed E-state index contributed by atoms with van der Waals surface area (Å²) in [6, 6.07) is 1.66. The molecule has 6 heteroatoms. The van der Waals surface area contributed by atoms with Gasteiger partial charge in [-0.25, -0.2) is 9.97 Å². The van der Waals surface area contributed by atoms with Gasteiger partial charge in [0.1, 0.15) is 11.6 Å². The van der Waals surface area contributed by atoms with Crippen molar-refractivity contribution in [3.63, 3.8) is 0 Å². The van der Waals surface area contributed by atoms with E-state index in [2.05, 4.69) is 20.3 Å². The second-order valence-corrected chi connectivity index (χ2v) is 3.87. The van der Waals surface area contributed by atoms with Crippen LogP contribution in [0, 0.1) is 0 Å². The van der Waals surface area contributed by atoms with Crippen molar-refractivity contribution in [3.05, 3.63) is 35.5 Å². The van der Waals surface area contributed by atoms with Crippen molar-refractivity contribution in [1.82, 2.24) is 15.0 Å². The van der Waals surface area contributed by atoms with Gasteiger partial charge < -0.3 is 16.0 Å². The van der Waals surface area contributed by atoms with Gasteiger partial charge in [0.15, 0.2) is 0 Å². The SMILES string of the molecule is CC(Nc1ncc(Cl)cc1N)c1ncc[nH]1. The Morgan fingerprint density at radius 1 is 1.50 bits per heavy atom. The Bertz CT molecular complexity index is 468. The van der Waals surface area contributed by atoms with E-state index >= 15 is 0 Å². The maximum absolute atomic E-state index is 5.78.